The Morgan fingerprint density at radius 2 is 1.93 bits per heavy atom. The SMILES string of the molecule is Cc1nc(CN2CCC(c3cccc4c3OC(C)(c3ccc(Cl)cc3F)O4)CC2)n(CC2CCO2)c1-c1cncc(C(=O)O)c1. The van der Waals surface area contributed by atoms with E-state index in [-0.39, 0.29) is 17.6 Å². The second-order valence-electron chi connectivity index (χ2n) is 12.1. The molecule has 3 aliphatic rings. The lowest BCUT2D eigenvalue weighted by atomic mass is 9.88. The van der Waals surface area contributed by atoms with Crippen LogP contribution in [-0.2, 0) is 23.6 Å². The Labute approximate surface area is 265 Å². The topological polar surface area (TPSA) is 98.9 Å². The Balaban J connectivity index is 1.08. The number of fused-ring (bicyclic) bond motifs is 1. The molecule has 2 aromatic carbocycles. The van der Waals surface area contributed by atoms with Crippen molar-refractivity contribution >= 4 is 17.6 Å². The Morgan fingerprint density at radius 1 is 1.13 bits per heavy atom. The van der Waals surface area contributed by atoms with Crippen molar-refractivity contribution < 1.29 is 28.5 Å². The number of likely N-dealkylation sites (tertiary alicyclic amines) is 1. The molecule has 9 nitrogen and oxygen atoms in total. The molecule has 3 aliphatic heterocycles. The minimum atomic E-state index is -1.29. The van der Waals surface area contributed by atoms with E-state index < -0.39 is 17.6 Å². The predicted molar refractivity (Wildman–Crippen MR) is 165 cm³/mol. The molecule has 2 aromatic heterocycles. The number of hydrogen-bond donors (Lipinski definition) is 1. The third-order valence-electron chi connectivity index (χ3n) is 9.08. The van der Waals surface area contributed by atoms with Crippen LogP contribution in [0.4, 0.5) is 4.39 Å². The van der Waals surface area contributed by atoms with E-state index in [1.54, 1.807) is 31.3 Å². The van der Waals surface area contributed by atoms with Crippen LogP contribution < -0.4 is 9.47 Å². The Bertz CT molecular complexity index is 1770. The lowest BCUT2D eigenvalue weighted by Crippen LogP contribution is -2.35. The number of rotatable bonds is 8. The molecule has 2 unspecified atom stereocenters. The van der Waals surface area contributed by atoms with Gasteiger partial charge in [0.05, 0.1) is 41.7 Å². The normalized spacial score (nSPS) is 21.6. The summed E-state index contributed by atoms with van der Waals surface area (Å²) in [6.45, 7) is 7.46. The number of aromatic carboxylic acids is 1. The first kappa shape index (κ1) is 29.7. The van der Waals surface area contributed by atoms with E-state index in [1.165, 1.54) is 12.3 Å². The second-order valence-corrected chi connectivity index (χ2v) is 12.6. The maximum Gasteiger partial charge on any atom is 0.337 e. The van der Waals surface area contributed by atoms with Crippen LogP contribution in [0.1, 0.15) is 65.1 Å². The average Bonchev–Trinajstić information content (AvgIpc) is 3.50. The zero-order valence-corrected chi connectivity index (χ0v) is 25.9. The molecule has 45 heavy (non-hydrogen) atoms. The quantitative estimate of drug-likeness (QED) is 0.233. The molecule has 0 spiro atoms. The number of aromatic nitrogens is 3. The third kappa shape index (κ3) is 5.67. The summed E-state index contributed by atoms with van der Waals surface area (Å²) in [5.74, 6) is -0.319. The van der Waals surface area contributed by atoms with Crippen LogP contribution in [0.5, 0.6) is 11.5 Å². The number of carboxylic acids is 1. The molecule has 5 heterocycles. The summed E-state index contributed by atoms with van der Waals surface area (Å²) in [6, 6.07) is 12.1. The smallest absolute Gasteiger partial charge is 0.337 e. The summed E-state index contributed by atoms with van der Waals surface area (Å²) in [5.41, 5.74) is 3.95. The maximum absolute atomic E-state index is 14.9. The number of benzene rings is 2. The zero-order valence-electron chi connectivity index (χ0n) is 25.1. The van der Waals surface area contributed by atoms with Crippen LogP contribution in [0, 0.1) is 12.7 Å². The van der Waals surface area contributed by atoms with E-state index in [0.29, 0.717) is 35.2 Å². The number of carboxylic acid groups (broad SMARTS) is 1. The van der Waals surface area contributed by atoms with E-state index in [0.717, 1.165) is 67.3 Å². The van der Waals surface area contributed by atoms with E-state index in [2.05, 4.69) is 20.5 Å². The number of nitrogens with zero attached hydrogens (tertiary/aromatic N) is 4. The van der Waals surface area contributed by atoms with E-state index >= 15 is 0 Å². The van der Waals surface area contributed by atoms with Crippen LogP contribution in [0.25, 0.3) is 11.3 Å². The van der Waals surface area contributed by atoms with Crippen molar-refractivity contribution in [1.82, 2.24) is 19.4 Å². The number of ether oxygens (including phenoxy) is 3. The van der Waals surface area contributed by atoms with Crippen LogP contribution in [0.2, 0.25) is 5.02 Å². The highest BCUT2D eigenvalue weighted by atomic mass is 35.5. The monoisotopic (exact) mass is 632 g/mol. The first-order valence-electron chi connectivity index (χ1n) is 15.2. The molecule has 11 heteroatoms. The molecule has 0 aliphatic carbocycles. The highest BCUT2D eigenvalue weighted by molar-refractivity contribution is 6.30. The Morgan fingerprint density at radius 3 is 2.64 bits per heavy atom. The standard InChI is InChI=1S/C34H34ClFN4O5/c1-20-31(22-14-23(33(41)42)17-37-16-22)40(18-25-10-13-43-25)30(38-20)19-39-11-8-21(9-12-39)26-4-3-5-29-32(26)45-34(2,44-29)27-7-6-24(35)15-28(27)36/h3-7,14-17,21,25H,8-13,18-19H2,1-2H3,(H,41,42). The number of aryl methyl sites for hydroxylation is 1. The van der Waals surface area contributed by atoms with Crippen molar-refractivity contribution in [2.24, 2.45) is 0 Å². The summed E-state index contributed by atoms with van der Waals surface area (Å²) in [4.78, 5) is 23.2. The maximum atomic E-state index is 14.9. The van der Waals surface area contributed by atoms with Crippen LogP contribution in [-0.4, -0.2) is 56.3 Å². The molecule has 4 aromatic rings. The zero-order chi connectivity index (χ0) is 31.3. The number of hydrogen-bond acceptors (Lipinski definition) is 7. The van der Waals surface area contributed by atoms with E-state index in [4.69, 9.17) is 30.8 Å². The minimum absolute atomic E-state index is 0.104. The van der Waals surface area contributed by atoms with Gasteiger partial charge in [0.1, 0.15) is 11.6 Å². The third-order valence-corrected chi connectivity index (χ3v) is 9.32. The molecule has 2 fully saturated rings. The van der Waals surface area contributed by atoms with Gasteiger partial charge in [0.15, 0.2) is 11.5 Å². The van der Waals surface area contributed by atoms with Crippen molar-refractivity contribution in [3.63, 3.8) is 0 Å². The number of imidazole rings is 1. The van der Waals surface area contributed by atoms with Gasteiger partial charge >= 0.3 is 5.97 Å². The lowest BCUT2D eigenvalue weighted by molar-refractivity contribution is -0.0712. The van der Waals surface area contributed by atoms with Gasteiger partial charge in [0.25, 0.3) is 5.79 Å². The molecule has 7 rings (SSSR count). The van der Waals surface area contributed by atoms with Crippen LogP contribution in [0.15, 0.2) is 54.9 Å². The van der Waals surface area contributed by atoms with Crippen LogP contribution in [0.3, 0.4) is 0 Å². The largest absolute Gasteiger partial charge is 0.478 e. The molecule has 0 amide bonds. The first-order chi connectivity index (χ1) is 21.7. The fraction of sp³-hybridized carbons (Fsp3) is 0.382. The summed E-state index contributed by atoms with van der Waals surface area (Å²) < 4.78 is 35.4. The summed E-state index contributed by atoms with van der Waals surface area (Å²) >= 11 is 5.98. The van der Waals surface area contributed by atoms with Crippen molar-refractivity contribution in [3.8, 4) is 22.8 Å². The molecular weight excluding hydrogens is 599 g/mol. The van der Waals surface area contributed by atoms with E-state index in [1.807, 2.05) is 19.1 Å². The minimum Gasteiger partial charge on any atom is -0.478 e. The van der Waals surface area contributed by atoms with E-state index in [9.17, 15) is 14.3 Å². The molecule has 2 atom stereocenters. The number of carbonyl (C=O) groups is 1. The Kier molecular flexibility index (Phi) is 7.75. The highest BCUT2D eigenvalue weighted by Crippen LogP contribution is 2.50. The van der Waals surface area contributed by atoms with Gasteiger partial charge in [0.2, 0.25) is 0 Å². The molecule has 0 radical (unpaired) electrons. The molecule has 1 N–H and O–H groups in total. The molecule has 234 valence electrons. The second kappa shape index (κ2) is 11.7. The van der Waals surface area contributed by atoms with Crippen molar-refractivity contribution in [3.05, 3.63) is 93.9 Å². The number of piperidine rings is 1. The van der Waals surface area contributed by atoms with Gasteiger partial charge in [-0.05, 0) is 75.5 Å². The number of halogens is 2. The molecule has 0 saturated carbocycles. The van der Waals surface area contributed by atoms with Gasteiger partial charge in [-0.3, -0.25) is 9.88 Å². The number of para-hydroxylation sites is 1. The van der Waals surface area contributed by atoms with Gasteiger partial charge in [-0.2, -0.15) is 0 Å². The van der Waals surface area contributed by atoms with Crippen molar-refractivity contribution in [1.29, 1.82) is 0 Å². The van der Waals surface area contributed by atoms with Gasteiger partial charge in [-0.25, -0.2) is 14.2 Å². The fourth-order valence-electron chi connectivity index (χ4n) is 6.67. The lowest BCUT2D eigenvalue weighted by Gasteiger charge is -2.33. The Hall–Kier alpha value is -3.99. The van der Waals surface area contributed by atoms with Crippen LogP contribution >= 0.6 is 11.6 Å². The van der Waals surface area contributed by atoms with Gasteiger partial charge < -0.3 is 23.9 Å². The summed E-state index contributed by atoms with van der Waals surface area (Å²) in [7, 11) is 0. The van der Waals surface area contributed by atoms with Gasteiger partial charge in [-0.1, -0.05) is 23.7 Å². The van der Waals surface area contributed by atoms with Gasteiger partial charge in [-0.15, -0.1) is 0 Å². The number of pyridine rings is 1. The van der Waals surface area contributed by atoms with Crippen molar-refractivity contribution in [2.45, 2.75) is 64.0 Å². The fourth-order valence-corrected chi connectivity index (χ4v) is 6.83. The summed E-state index contributed by atoms with van der Waals surface area (Å²) in [6.07, 6.45) is 5.96. The average molecular weight is 633 g/mol. The highest BCUT2D eigenvalue weighted by Gasteiger charge is 2.43. The molecule has 2 saturated heterocycles. The molecular formula is C34H34ClFN4O5. The molecule has 0 bridgehead atoms. The van der Waals surface area contributed by atoms with Crippen molar-refractivity contribution in [2.75, 3.05) is 19.7 Å². The summed E-state index contributed by atoms with van der Waals surface area (Å²) in [5, 5.41) is 9.86. The first-order valence-corrected chi connectivity index (χ1v) is 15.6. The van der Waals surface area contributed by atoms with Gasteiger partial charge in [0, 0.05) is 42.1 Å². The predicted octanol–water partition coefficient (Wildman–Crippen LogP) is 6.56.